The molecule has 6 heteroatoms. The van der Waals surface area contributed by atoms with Crippen molar-refractivity contribution in [1.82, 2.24) is 0 Å². The number of carboxylic acid groups (broad SMARTS) is 2. The van der Waals surface area contributed by atoms with Crippen LogP contribution < -0.4 is 0 Å². The Balaban J connectivity index is 0.000000163. The molecule has 0 heterocycles. The van der Waals surface area contributed by atoms with E-state index < -0.39 is 17.5 Å². The van der Waals surface area contributed by atoms with Crippen molar-refractivity contribution in [1.29, 1.82) is 0 Å². The van der Waals surface area contributed by atoms with Gasteiger partial charge in [-0.3, -0.25) is 14.4 Å². The quantitative estimate of drug-likeness (QED) is 0.714. The largest absolute Gasteiger partial charge is 0.481 e. The first-order valence-electron chi connectivity index (χ1n) is 6.99. The summed E-state index contributed by atoms with van der Waals surface area (Å²) in [5, 5.41) is 25.9. The predicted octanol–water partition coefficient (Wildman–Crippen LogP) is 1.06. The summed E-state index contributed by atoms with van der Waals surface area (Å²) < 4.78 is 0. The Morgan fingerprint density at radius 1 is 1.00 bits per heavy atom. The first kappa shape index (κ1) is 15.0. The highest BCUT2D eigenvalue weighted by atomic mass is 16.4. The number of rotatable bonds is 3. The molecule has 0 aromatic carbocycles. The first-order chi connectivity index (χ1) is 9.29. The van der Waals surface area contributed by atoms with E-state index in [1.54, 1.807) is 0 Å². The van der Waals surface area contributed by atoms with Crippen molar-refractivity contribution in [2.24, 2.45) is 17.8 Å². The van der Waals surface area contributed by atoms with Gasteiger partial charge in [-0.15, -0.1) is 0 Å². The molecule has 2 unspecified atom stereocenters. The van der Waals surface area contributed by atoms with Gasteiger partial charge in [0.15, 0.2) is 0 Å². The van der Waals surface area contributed by atoms with Gasteiger partial charge in [0.1, 0.15) is 5.78 Å². The lowest BCUT2D eigenvalue weighted by Gasteiger charge is -2.53. The minimum absolute atomic E-state index is 0.223. The molecule has 0 aromatic rings. The highest BCUT2D eigenvalue weighted by molar-refractivity contribution is 5.85. The van der Waals surface area contributed by atoms with Crippen molar-refractivity contribution >= 4 is 17.7 Å². The molecule has 4 saturated carbocycles. The zero-order chi connectivity index (χ0) is 14.9. The smallest absolute Gasteiger partial charge is 0.303 e. The van der Waals surface area contributed by atoms with Crippen molar-refractivity contribution in [2.45, 2.75) is 50.5 Å². The molecule has 6 nitrogen and oxygen atoms in total. The van der Waals surface area contributed by atoms with Crippen molar-refractivity contribution in [3.8, 4) is 0 Å². The monoisotopic (exact) mass is 284 g/mol. The van der Waals surface area contributed by atoms with Gasteiger partial charge < -0.3 is 15.3 Å². The highest BCUT2D eigenvalue weighted by Gasteiger charge is 2.54. The van der Waals surface area contributed by atoms with Gasteiger partial charge in [-0.25, -0.2) is 0 Å². The van der Waals surface area contributed by atoms with Crippen molar-refractivity contribution in [3.05, 3.63) is 0 Å². The van der Waals surface area contributed by atoms with Crippen LogP contribution in [-0.2, 0) is 14.4 Å². The summed E-state index contributed by atoms with van der Waals surface area (Å²) in [5.41, 5.74) is -0.440. The van der Waals surface area contributed by atoms with Crippen LogP contribution in [0.25, 0.3) is 0 Å². The SMILES string of the molecule is O=C(O)CCC(=O)O.O=C1C2CC3CC1CC(O)(C3)C2. The lowest BCUT2D eigenvalue weighted by Crippen LogP contribution is -2.54. The molecule has 0 aliphatic heterocycles. The number of ketones is 1. The molecule has 112 valence electrons. The summed E-state index contributed by atoms with van der Waals surface area (Å²) in [4.78, 5) is 30.9. The maximum Gasteiger partial charge on any atom is 0.303 e. The Hall–Kier alpha value is -1.43. The van der Waals surface area contributed by atoms with Gasteiger partial charge in [-0.05, 0) is 38.0 Å². The lowest BCUT2D eigenvalue weighted by molar-refractivity contribution is -0.161. The van der Waals surface area contributed by atoms with E-state index in [1.165, 1.54) is 0 Å². The molecule has 4 rings (SSSR count). The van der Waals surface area contributed by atoms with Gasteiger partial charge in [-0.1, -0.05) is 0 Å². The minimum atomic E-state index is -1.08. The van der Waals surface area contributed by atoms with E-state index >= 15 is 0 Å². The summed E-state index contributed by atoms with van der Waals surface area (Å²) in [6, 6.07) is 0. The van der Waals surface area contributed by atoms with Crippen LogP contribution in [0.15, 0.2) is 0 Å². The minimum Gasteiger partial charge on any atom is -0.481 e. The van der Waals surface area contributed by atoms with E-state index in [2.05, 4.69) is 0 Å². The molecule has 0 saturated heterocycles. The van der Waals surface area contributed by atoms with Crippen LogP contribution in [0.5, 0.6) is 0 Å². The van der Waals surface area contributed by atoms with E-state index in [1.807, 2.05) is 0 Å². The second-order valence-electron chi connectivity index (χ2n) is 6.26. The van der Waals surface area contributed by atoms with Gasteiger partial charge in [-0.2, -0.15) is 0 Å². The third-order valence-electron chi connectivity index (χ3n) is 4.51. The van der Waals surface area contributed by atoms with Gasteiger partial charge >= 0.3 is 11.9 Å². The number of Topliss-reactive ketones (excluding diaryl/α,β-unsaturated/α-hetero) is 1. The maximum absolute atomic E-state index is 11.6. The van der Waals surface area contributed by atoms with Crippen LogP contribution in [0.4, 0.5) is 0 Å². The molecule has 4 aliphatic carbocycles. The second-order valence-corrected chi connectivity index (χ2v) is 6.26. The summed E-state index contributed by atoms with van der Waals surface area (Å²) in [6.07, 6.45) is 4.03. The maximum atomic E-state index is 11.6. The fraction of sp³-hybridized carbons (Fsp3) is 0.786. The standard InChI is InChI=1S/C10H14O2.C4H6O4/c11-9-7-1-6-2-8(9)5-10(12,3-6)4-7;5-3(6)1-2-4(7)8/h6-8,12H,1-5H2;1-2H2,(H,5,6)(H,7,8). The van der Waals surface area contributed by atoms with Gasteiger partial charge in [0, 0.05) is 11.8 Å². The highest BCUT2D eigenvalue weighted by Crippen LogP contribution is 2.53. The van der Waals surface area contributed by atoms with Crippen LogP contribution in [0.1, 0.15) is 44.9 Å². The van der Waals surface area contributed by atoms with Crippen LogP contribution in [-0.4, -0.2) is 38.6 Å². The number of hydrogen-bond acceptors (Lipinski definition) is 4. The van der Waals surface area contributed by atoms with E-state index in [4.69, 9.17) is 10.2 Å². The van der Waals surface area contributed by atoms with Gasteiger partial charge in [0.2, 0.25) is 0 Å². The van der Waals surface area contributed by atoms with Gasteiger partial charge in [0.05, 0.1) is 18.4 Å². The predicted molar refractivity (Wildman–Crippen MR) is 68.0 cm³/mol. The molecule has 3 N–H and O–H groups in total. The third-order valence-corrected chi connectivity index (χ3v) is 4.51. The molecule has 4 aliphatic rings. The summed E-state index contributed by atoms with van der Waals surface area (Å²) >= 11 is 0. The summed E-state index contributed by atoms with van der Waals surface area (Å²) in [5.74, 6) is -0.594. The molecule has 2 atom stereocenters. The molecule has 0 spiro atoms. The topological polar surface area (TPSA) is 112 Å². The van der Waals surface area contributed by atoms with Crippen molar-refractivity contribution < 1.29 is 29.7 Å². The zero-order valence-electron chi connectivity index (χ0n) is 11.2. The molecule has 0 aromatic heterocycles. The number of hydrogen-bond donors (Lipinski definition) is 3. The second kappa shape index (κ2) is 5.52. The summed E-state index contributed by atoms with van der Waals surface area (Å²) in [6.45, 7) is 0. The number of carboxylic acids is 2. The van der Waals surface area contributed by atoms with Crippen molar-refractivity contribution in [2.75, 3.05) is 0 Å². The zero-order valence-corrected chi connectivity index (χ0v) is 11.2. The average Bonchev–Trinajstić information content (AvgIpc) is 2.32. The van der Waals surface area contributed by atoms with E-state index in [0.717, 1.165) is 32.1 Å². The lowest BCUT2D eigenvalue weighted by atomic mass is 9.54. The molecular formula is C14H20O6. The number of carbonyl (C=O) groups is 3. The molecular weight excluding hydrogens is 264 g/mol. The summed E-state index contributed by atoms with van der Waals surface area (Å²) in [7, 11) is 0. The number of aliphatic carboxylic acids is 2. The number of aliphatic hydroxyl groups is 1. The fourth-order valence-electron chi connectivity index (χ4n) is 3.92. The average molecular weight is 284 g/mol. The van der Waals surface area contributed by atoms with E-state index in [0.29, 0.717) is 11.7 Å². The van der Waals surface area contributed by atoms with Gasteiger partial charge in [0.25, 0.3) is 0 Å². The van der Waals surface area contributed by atoms with Crippen LogP contribution in [0.3, 0.4) is 0 Å². The molecule has 4 bridgehead atoms. The van der Waals surface area contributed by atoms with Crippen molar-refractivity contribution in [3.63, 3.8) is 0 Å². The fourth-order valence-corrected chi connectivity index (χ4v) is 3.92. The number of carbonyl (C=O) groups excluding carboxylic acids is 1. The Morgan fingerprint density at radius 2 is 1.45 bits per heavy atom. The normalized spacial score (nSPS) is 37.2. The first-order valence-corrected chi connectivity index (χ1v) is 6.99. The van der Waals surface area contributed by atoms with E-state index in [-0.39, 0.29) is 24.7 Å². The van der Waals surface area contributed by atoms with Crippen LogP contribution >= 0.6 is 0 Å². The van der Waals surface area contributed by atoms with Crippen LogP contribution in [0, 0.1) is 17.8 Å². The molecule has 20 heavy (non-hydrogen) atoms. The third kappa shape index (κ3) is 3.36. The Labute approximate surface area is 116 Å². The molecule has 0 radical (unpaired) electrons. The Morgan fingerprint density at radius 3 is 1.80 bits per heavy atom. The molecule has 0 amide bonds. The molecule has 4 fully saturated rings. The van der Waals surface area contributed by atoms with E-state index in [9.17, 15) is 19.5 Å². The van der Waals surface area contributed by atoms with Crippen LogP contribution in [0.2, 0.25) is 0 Å². The Kier molecular flexibility index (Phi) is 4.13. The Bertz CT molecular complexity index is 397.